The van der Waals surface area contributed by atoms with Crippen LogP contribution >= 0.6 is 0 Å². The van der Waals surface area contributed by atoms with Crippen LogP contribution in [0.5, 0.6) is 0 Å². The highest BCUT2D eigenvalue weighted by molar-refractivity contribution is 5.99. The normalized spacial score (nSPS) is 13.7. The molecule has 2 aromatic carbocycles. The molecule has 0 radical (unpaired) electrons. The first-order valence-electron chi connectivity index (χ1n) is 13.9. The SMILES string of the molecule is CCc1cccc(CC)c1-n1nc2c(c1-c1c(C)cc(C)c3[nH]ccc13)CN(c1ncc(C(F)(F)F)cc1F)CC2. The second-order valence-electron chi connectivity index (χ2n) is 10.7. The molecule has 1 aliphatic heterocycles. The molecule has 1 N–H and O–H groups in total. The molecule has 41 heavy (non-hydrogen) atoms. The fourth-order valence-corrected chi connectivity index (χ4v) is 6.18. The van der Waals surface area contributed by atoms with Gasteiger partial charge in [-0.25, -0.2) is 14.1 Å². The van der Waals surface area contributed by atoms with Crippen molar-refractivity contribution in [3.05, 3.63) is 93.7 Å². The van der Waals surface area contributed by atoms with Crippen LogP contribution in [-0.4, -0.2) is 26.3 Å². The van der Waals surface area contributed by atoms with E-state index >= 15 is 4.39 Å². The molecule has 0 aliphatic carbocycles. The van der Waals surface area contributed by atoms with Crippen LogP contribution < -0.4 is 4.90 Å². The highest BCUT2D eigenvalue weighted by atomic mass is 19.4. The van der Waals surface area contributed by atoms with Crippen LogP contribution in [0.15, 0.2) is 48.8 Å². The van der Waals surface area contributed by atoms with Crippen LogP contribution in [0.2, 0.25) is 0 Å². The fraction of sp³-hybridized carbons (Fsp3) is 0.312. The minimum Gasteiger partial charge on any atom is -0.361 e. The Balaban J connectivity index is 1.59. The Morgan fingerprint density at radius 1 is 1.00 bits per heavy atom. The van der Waals surface area contributed by atoms with Gasteiger partial charge in [0, 0.05) is 53.9 Å². The largest absolute Gasteiger partial charge is 0.417 e. The van der Waals surface area contributed by atoms with Gasteiger partial charge in [-0.1, -0.05) is 38.1 Å². The van der Waals surface area contributed by atoms with Gasteiger partial charge < -0.3 is 9.88 Å². The molecule has 0 saturated carbocycles. The Morgan fingerprint density at radius 3 is 2.39 bits per heavy atom. The number of aromatic amines is 1. The fourth-order valence-electron chi connectivity index (χ4n) is 6.18. The molecule has 1 aliphatic rings. The van der Waals surface area contributed by atoms with E-state index in [9.17, 15) is 13.2 Å². The van der Waals surface area contributed by atoms with Gasteiger partial charge in [0.15, 0.2) is 11.6 Å². The van der Waals surface area contributed by atoms with Crippen molar-refractivity contribution in [3.8, 4) is 16.9 Å². The molecule has 9 heteroatoms. The van der Waals surface area contributed by atoms with Crippen molar-refractivity contribution in [3.63, 3.8) is 0 Å². The van der Waals surface area contributed by atoms with Crippen molar-refractivity contribution in [2.75, 3.05) is 11.4 Å². The number of aromatic nitrogens is 4. The summed E-state index contributed by atoms with van der Waals surface area (Å²) in [5.74, 6) is -1.07. The quantitative estimate of drug-likeness (QED) is 0.222. The molecule has 0 atom stereocenters. The van der Waals surface area contributed by atoms with Crippen LogP contribution in [0.1, 0.15) is 52.9 Å². The third-order valence-corrected chi connectivity index (χ3v) is 8.13. The number of hydrogen-bond acceptors (Lipinski definition) is 3. The molecule has 5 nitrogen and oxygen atoms in total. The number of fused-ring (bicyclic) bond motifs is 2. The van der Waals surface area contributed by atoms with Crippen molar-refractivity contribution >= 4 is 16.7 Å². The lowest BCUT2D eigenvalue weighted by Crippen LogP contribution is -2.32. The zero-order chi connectivity index (χ0) is 29.1. The molecule has 0 spiro atoms. The number of benzene rings is 2. The molecule has 0 bridgehead atoms. The number of rotatable bonds is 5. The lowest BCUT2D eigenvalue weighted by Gasteiger charge is -2.29. The number of pyridine rings is 1. The van der Waals surface area contributed by atoms with Gasteiger partial charge in [0.1, 0.15) is 0 Å². The first-order valence-corrected chi connectivity index (χ1v) is 13.9. The molecule has 0 saturated heterocycles. The van der Waals surface area contributed by atoms with Gasteiger partial charge in [0.05, 0.1) is 22.6 Å². The average molecular weight is 562 g/mol. The van der Waals surface area contributed by atoms with E-state index in [0.29, 0.717) is 25.2 Å². The van der Waals surface area contributed by atoms with Crippen molar-refractivity contribution in [1.82, 2.24) is 19.7 Å². The Bertz CT molecular complexity index is 1760. The van der Waals surface area contributed by atoms with Crippen molar-refractivity contribution in [2.24, 2.45) is 0 Å². The van der Waals surface area contributed by atoms with Gasteiger partial charge in [-0.15, -0.1) is 0 Å². The highest BCUT2D eigenvalue weighted by Gasteiger charge is 2.34. The van der Waals surface area contributed by atoms with E-state index in [2.05, 4.69) is 72.7 Å². The summed E-state index contributed by atoms with van der Waals surface area (Å²) >= 11 is 0. The van der Waals surface area contributed by atoms with Crippen molar-refractivity contribution in [1.29, 1.82) is 0 Å². The standard InChI is InChI=1S/C32H31F4N5/c1-5-20-8-7-9-21(6-2)29(20)41-30(27-18(3)14-19(4)28-23(27)10-12-37-28)24-17-40(13-11-26(24)39-41)31-25(33)15-22(16-38-31)32(34,35)36/h7-10,12,14-16,37H,5-6,11,13,17H2,1-4H3. The summed E-state index contributed by atoms with van der Waals surface area (Å²) in [6, 6.07) is 11.1. The summed E-state index contributed by atoms with van der Waals surface area (Å²) in [6.45, 7) is 9.08. The molecule has 3 aromatic heterocycles. The topological polar surface area (TPSA) is 49.7 Å². The summed E-state index contributed by atoms with van der Waals surface area (Å²) in [7, 11) is 0. The summed E-state index contributed by atoms with van der Waals surface area (Å²) in [5, 5.41) is 6.25. The van der Waals surface area contributed by atoms with Crippen LogP contribution in [0.25, 0.3) is 27.8 Å². The molecular formula is C32H31F4N5. The Hall–Kier alpha value is -4.14. The Morgan fingerprint density at radius 2 is 1.73 bits per heavy atom. The number of hydrogen-bond donors (Lipinski definition) is 1. The van der Waals surface area contributed by atoms with Crippen molar-refractivity contribution in [2.45, 2.75) is 59.7 Å². The maximum absolute atomic E-state index is 15.1. The van der Waals surface area contributed by atoms with Gasteiger partial charge in [-0.3, -0.25) is 0 Å². The minimum atomic E-state index is -4.66. The molecule has 0 fully saturated rings. The zero-order valence-electron chi connectivity index (χ0n) is 23.5. The summed E-state index contributed by atoms with van der Waals surface area (Å²) in [5.41, 5.74) is 9.35. The lowest BCUT2D eigenvalue weighted by molar-refractivity contribution is -0.138. The maximum atomic E-state index is 15.1. The van der Waals surface area contributed by atoms with E-state index in [1.165, 1.54) is 11.1 Å². The number of nitrogens with zero attached hydrogens (tertiary/aromatic N) is 4. The number of H-pyrrole nitrogens is 1. The smallest absolute Gasteiger partial charge is 0.361 e. The van der Waals surface area contributed by atoms with Crippen LogP contribution in [0.4, 0.5) is 23.4 Å². The number of halogens is 4. The van der Waals surface area contributed by atoms with E-state index < -0.39 is 17.6 Å². The number of anilines is 1. The molecule has 212 valence electrons. The van der Waals surface area contributed by atoms with Gasteiger partial charge in [-0.2, -0.15) is 18.3 Å². The monoisotopic (exact) mass is 561 g/mol. The van der Waals surface area contributed by atoms with Gasteiger partial charge in [-0.05, 0) is 61.1 Å². The van der Waals surface area contributed by atoms with E-state index in [4.69, 9.17) is 5.10 Å². The van der Waals surface area contributed by atoms with E-state index in [1.807, 2.05) is 6.20 Å². The maximum Gasteiger partial charge on any atom is 0.417 e. The number of para-hydroxylation sites is 1. The first-order chi connectivity index (χ1) is 19.6. The number of nitrogens with one attached hydrogen (secondary N) is 1. The first kappa shape index (κ1) is 27.1. The summed E-state index contributed by atoms with van der Waals surface area (Å²) in [6.07, 6.45) is 0.132. The van der Waals surface area contributed by atoms with Crippen molar-refractivity contribution < 1.29 is 17.6 Å². The van der Waals surface area contributed by atoms with E-state index in [-0.39, 0.29) is 12.4 Å². The van der Waals surface area contributed by atoms with E-state index in [1.54, 1.807) is 4.90 Å². The average Bonchev–Trinajstić information content (AvgIpc) is 3.58. The number of aryl methyl sites for hydroxylation is 4. The van der Waals surface area contributed by atoms with Gasteiger partial charge in [0.25, 0.3) is 0 Å². The molecule has 6 rings (SSSR count). The third kappa shape index (κ3) is 4.47. The number of alkyl halides is 3. The van der Waals surface area contributed by atoms with Crippen LogP contribution in [0, 0.1) is 19.7 Å². The second kappa shape index (κ2) is 10.0. The summed E-state index contributed by atoms with van der Waals surface area (Å²) < 4.78 is 56.7. The van der Waals surface area contributed by atoms with E-state index in [0.717, 1.165) is 63.1 Å². The molecular weight excluding hydrogens is 530 g/mol. The Labute approximate surface area is 235 Å². The molecule has 0 amide bonds. The van der Waals surface area contributed by atoms with Crippen LogP contribution in [0.3, 0.4) is 0 Å². The van der Waals surface area contributed by atoms with Crippen LogP contribution in [-0.2, 0) is 32.0 Å². The zero-order valence-corrected chi connectivity index (χ0v) is 23.5. The molecule has 4 heterocycles. The van der Waals surface area contributed by atoms with Gasteiger partial charge >= 0.3 is 6.18 Å². The highest BCUT2D eigenvalue weighted by Crippen LogP contribution is 2.41. The second-order valence-corrected chi connectivity index (χ2v) is 10.7. The summed E-state index contributed by atoms with van der Waals surface area (Å²) in [4.78, 5) is 9.02. The molecule has 0 unspecified atom stereocenters. The lowest BCUT2D eigenvalue weighted by atomic mass is 9.93. The Kier molecular flexibility index (Phi) is 6.63. The van der Waals surface area contributed by atoms with Gasteiger partial charge in [0.2, 0.25) is 0 Å². The minimum absolute atomic E-state index is 0.0852. The third-order valence-electron chi connectivity index (χ3n) is 8.13. The molecule has 5 aromatic rings. The predicted molar refractivity (Wildman–Crippen MR) is 153 cm³/mol. The predicted octanol–water partition coefficient (Wildman–Crippen LogP) is 7.88.